The molecule has 1 aromatic carbocycles. The van der Waals surface area contributed by atoms with Gasteiger partial charge in [0.2, 0.25) is 5.91 Å². The summed E-state index contributed by atoms with van der Waals surface area (Å²) in [6.07, 6.45) is 2.82. The molecule has 1 aromatic rings. The van der Waals surface area contributed by atoms with Crippen molar-refractivity contribution in [2.45, 2.75) is 32.2 Å². The minimum Gasteiger partial charge on any atom is -0.381 e. The fraction of sp³-hybridized carbons (Fsp3) is 0.533. The Morgan fingerprint density at radius 1 is 1.25 bits per heavy atom. The maximum atomic E-state index is 11.2. The van der Waals surface area contributed by atoms with E-state index in [1.54, 1.807) is 6.92 Å². The highest BCUT2D eigenvalue weighted by Crippen LogP contribution is 2.00. The van der Waals surface area contributed by atoms with E-state index < -0.39 is 6.04 Å². The quantitative estimate of drug-likeness (QED) is 0.685. The number of amides is 1. The van der Waals surface area contributed by atoms with E-state index in [0.717, 1.165) is 32.5 Å². The van der Waals surface area contributed by atoms with Crippen molar-refractivity contribution in [2.24, 2.45) is 5.73 Å². The Balaban J connectivity index is 0.00000361. The van der Waals surface area contributed by atoms with Gasteiger partial charge in [0, 0.05) is 13.2 Å². The zero-order valence-electron chi connectivity index (χ0n) is 12.0. The molecule has 0 spiro atoms. The fourth-order valence-electron chi connectivity index (χ4n) is 1.64. The first-order valence-corrected chi connectivity index (χ1v) is 6.85. The smallest absolute Gasteiger partial charge is 0.236 e. The molecule has 0 aliphatic carbocycles. The van der Waals surface area contributed by atoms with E-state index >= 15 is 0 Å². The van der Waals surface area contributed by atoms with E-state index in [0.29, 0.717) is 6.54 Å². The SMILES string of the molecule is C[C@H](N)C(=O)NCCCCOCCc1ccccc1.Cl. The summed E-state index contributed by atoms with van der Waals surface area (Å²) in [5.41, 5.74) is 6.73. The summed E-state index contributed by atoms with van der Waals surface area (Å²) >= 11 is 0. The van der Waals surface area contributed by atoms with Crippen LogP contribution in [0.5, 0.6) is 0 Å². The van der Waals surface area contributed by atoms with Crippen molar-refractivity contribution in [2.75, 3.05) is 19.8 Å². The van der Waals surface area contributed by atoms with Crippen molar-refractivity contribution in [1.29, 1.82) is 0 Å². The van der Waals surface area contributed by atoms with Crippen molar-refractivity contribution in [3.05, 3.63) is 35.9 Å². The largest absolute Gasteiger partial charge is 0.381 e. The first kappa shape index (κ1) is 18.9. The highest BCUT2D eigenvalue weighted by atomic mass is 35.5. The van der Waals surface area contributed by atoms with Gasteiger partial charge in [0.05, 0.1) is 12.6 Å². The van der Waals surface area contributed by atoms with E-state index in [1.165, 1.54) is 5.56 Å². The van der Waals surface area contributed by atoms with Gasteiger partial charge in [0.15, 0.2) is 0 Å². The summed E-state index contributed by atoms with van der Waals surface area (Å²) in [5, 5.41) is 2.78. The molecule has 0 aromatic heterocycles. The monoisotopic (exact) mass is 300 g/mol. The van der Waals surface area contributed by atoms with E-state index in [4.69, 9.17) is 10.5 Å². The lowest BCUT2D eigenvalue weighted by Gasteiger charge is -2.08. The van der Waals surface area contributed by atoms with E-state index in [-0.39, 0.29) is 18.3 Å². The Kier molecular flexibility index (Phi) is 11.1. The van der Waals surface area contributed by atoms with Gasteiger partial charge in [0.1, 0.15) is 0 Å². The summed E-state index contributed by atoms with van der Waals surface area (Å²) in [7, 11) is 0. The summed E-state index contributed by atoms with van der Waals surface area (Å²) in [5.74, 6) is -0.0926. The zero-order chi connectivity index (χ0) is 13.9. The molecule has 0 aliphatic heterocycles. The molecule has 0 radical (unpaired) electrons. The Morgan fingerprint density at radius 3 is 2.60 bits per heavy atom. The number of hydrogen-bond donors (Lipinski definition) is 2. The summed E-state index contributed by atoms with van der Waals surface area (Å²) in [6.45, 7) is 3.83. The maximum Gasteiger partial charge on any atom is 0.236 e. The second-order valence-electron chi connectivity index (χ2n) is 4.63. The van der Waals surface area contributed by atoms with E-state index in [2.05, 4.69) is 17.4 Å². The number of carbonyl (C=O) groups is 1. The lowest BCUT2D eigenvalue weighted by molar-refractivity contribution is -0.121. The van der Waals surface area contributed by atoms with E-state index in [9.17, 15) is 4.79 Å². The van der Waals surface area contributed by atoms with Crippen LogP contribution in [0.2, 0.25) is 0 Å². The Hall–Kier alpha value is -1.10. The average molecular weight is 301 g/mol. The van der Waals surface area contributed by atoms with Crippen LogP contribution in [0, 0.1) is 0 Å². The predicted molar refractivity (Wildman–Crippen MR) is 84.1 cm³/mol. The third-order valence-electron chi connectivity index (χ3n) is 2.81. The van der Waals surface area contributed by atoms with Crippen LogP contribution in [0.1, 0.15) is 25.3 Å². The molecule has 0 unspecified atom stereocenters. The molecule has 3 N–H and O–H groups in total. The summed E-state index contributed by atoms with van der Waals surface area (Å²) in [6, 6.07) is 9.87. The second kappa shape index (κ2) is 11.7. The van der Waals surface area contributed by atoms with Crippen molar-refractivity contribution >= 4 is 18.3 Å². The van der Waals surface area contributed by atoms with Crippen LogP contribution in [0.25, 0.3) is 0 Å². The third-order valence-corrected chi connectivity index (χ3v) is 2.81. The molecule has 4 nitrogen and oxygen atoms in total. The maximum absolute atomic E-state index is 11.2. The molecule has 0 saturated heterocycles. The Morgan fingerprint density at radius 2 is 1.95 bits per heavy atom. The Bertz CT molecular complexity index is 358. The Labute approximate surface area is 127 Å². The molecular weight excluding hydrogens is 276 g/mol. The highest BCUT2D eigenvalue weighted by molar-refractivity contribution is 5.85. The average Bonchev–Trinajstić information content (AvgIpc) is 2.42. The van der Waals surface area contributed by atoms with Gasteiger partial charge in [-0.25, -0.2) is 0 Å². The molecule has 0 bridgehead atoms. The normalized spacial score (nSPS) is 11.5. The van der Waals surface area contributed by atoms with Crippen molar-refractivity contribution in [3.8, 4) is 0 Å². The van der Waals surface area contributed by atoms with Gasteiger partial charge in [-0.3, -0.25) is 4.79 Å². The predicted octanol–water partition coefficient (Wildman–Crippen LogP) is 1.91. The molecule has 1 rings (SSSR count). The van der Waals surface area contributed by atoms with Gasteiger partial charge in [-0.15, -0.1) is 12.4 Å². The van der Waals surface area contributed by atoms with Crippen molar-refractivity contribution in [1.82, 2.24) is 5.32 Å². The number of unbranched alkanes of at least 4 members (excludes halogenated alkanes) is 1. The summed E-state index contributed by atoms with van der Waals surface area (Å²) < 4.78 is 5.55. The van der Waals surface area contributed by atoms with Crippen molar-refractivity contribution in [3.63, 3.8) is 0 Å². The fourth-order valence-corrected chi connectivity index (χ4v) is 1.64. The molecule has 0 heterocycles. The van der Waals surface area contributed by atoms with Gasteiger partial charge in [-0.1, -0.05) is 30.3 Å². The first-order valence-electron chi connectivity index (χ1n) is 6.85. The number of carbonyl (C=O) groups excluding carboxylic acids is 1. The number of benzene rings is 1. The van der Waals surface area contributed by atoms with Crippen LogP contribution in [0.3, 0.4) is 0 Å². The van der Waals surface area contributed by atoms with Crippen LogP contribution in [0.4, 0.5) is 0 Å². The first-order chi connectivity index (χ1) is 9.20. The second-order valence-corrected chi connectivity index (χ2v) is 4.63. The van der Waals surface area contributed by atoms with E-state index in [1.807, 2.05) is 18.2 Å². The lowest BCUT2D eigenvalue weighted by atomic mass is 10.2. The zero-order valence-corrected chi connectivity index (χ0v) is 12.8. The number of ether oxygens (including phenoxy) is 1. The molecular formula is C15H25ClN2O2. The molecule has 0 fully saturated rings. The van der Waals surface area contributed by atoms with Gasteiger partial charge < -0.3 is 15.8 Å². The number of nitrogens with two attached hydrogens (primary N) is 1. The summed E-state index contributed by atoms with van der Waals surface area (Å²) in [4.78, 5) is 11.2. The minimum absolute atomic E-state index is 0. The van der Waals surface area contributed by atoms with Crippen LogP contribution in [-0.2, 0) is 16.0 Å². The van der Waals surface area contributed by atoms with Crippen LogP contribution < -0.4 is 11.1 Å². The number of halogens is 1. The molecule has 1 atom stereocenters. The standard InChI is InChI=1S/C15H24N2O2.ClH/c1-13(16)15(18)17-10-5-6-11-19-12-9-14-7-3-2-4-8-14;/h2-4,7-8,13H,5-6,9-12,16H2,1H3,(H,17,18);1H/t13-;/m0./s1. The van der Waals surface area contributed by atoms with Crippen LogP contribution in [0.15, 0.2) is 30.3 Å². The van der Waals surface area contributed by atoms with Gasteiger partial charge >= 0.3 is 0 Å². The topological polar surface area (TPSA) is 64.4 Å². The molecule has 5 heteroatoms. The van der Waals surface area contributed by atoms with Crippen LogP contribution >= 0.6 is 12.4 Å². The molecule has 0 saturated carbocycles. The molecule has 20 heavy (non-hydrogen) atoms. The lowest BCUT2D eigenvalue weighted by Crippen LogP contribution is -2.38. The minimum atomic E-state index is -0.429. The van der Waals surface area contributed by atoms with Gasteiger partial charge in [-0.2, -0.15) is 0 Å². The number of nitrogens with one attached hydrogen (secondary N) is 1. The molecule has 114 valence electrons. The van der Waals surface area contributed by atoms with Gasteiger partial charge in [-0.05, 0) is 31.7 Å². The van der Waals surface area contributed by atoms with Crippen LogP contribution in [-0.4, -0.2) is 31.7 Å². The highest BCUT2D eigenvalue weighted by Gasteiger charge is 2.04. The molecule has 0 aliphatic rings. The number of hydrogen-bond acceptors (Lipinski definition) is 3. The number of rotatable bonds is 9. The third kappa shape index (κ3) is 8.91. The van der Waals surface area contributed by atoms with Crippen molar-refractivity contribution < 1.29 is 9.53 Å². The molecule has 1 amide bonds. The van der Waals surface area contributed by atoms with Gasteiger partial charge in [0.25, 0.3) is 0 Å².